The van der Waals surface area contributed by atoms with Crippen LogP contribution in [0.3, 0.4) is 0 Å². The molecule has 2 saturated carbocycles. The van der Waals surface area contributed by atoms with E-state index in [2.05, 4.69) is 40.1 Å². The molecule has 15 heavy (non-hydrogen) atoms. The molecule has 0 aromatic carbocycles. The van der Waals surface area contributed by atoms with Crippen LogP contribution in [0.4, 0.5) is 0 Å². The molecule has 1 nitrogen and oxygen atoms in total. The molecule has 2 aliphatic carbocycles. The van der Waals surface area contributed by atoms with Crippen molar-refractivity contribution in [1.82, 2.24) is 5.32 Å². The van der Waals surface area contributed by atoms with Crippen molar-refractivity contribution < 1.29 is 0 Å². The Morgan fingerprint density at radius 1 is 1.00 bits per heavy atom. The van der Waals surface area contributed by atoms with Gasteiger partial charge in [-0.15, -0.1) is 0 Å². The minimum absolute atomic E-state index is 0.439. The molecule has 0 radical (unpaired) electrons. The highest BCUT2D eigenvalue weighted by Crippen LogP contribution is 2.58. The second-order valence-electron chi connectivity index (χ2n) is 7.55. The third-order valence-corrected chi connectivity index (χ3v) is 4.60. The number of fused-ring (bicyclic) bond motifs is 2. The normalized spacial score (nSPS) is 49.0. The smallest absolute Gasteiger partial charge is 0.0191 e. The summed E-state index contributed by atoms with van der Waals surface area (Å²) in [5.41, 5.74) is 1.55. The van der Waals surface area contributed by atoms with Crippen LogP contribution in [0.1, 0.15) is 59.8 Å². The van der Waals surface area contributed by atoms with Crippen molar-refractivity contribution in [1.29, 1.82) is 0 Å². The number of hydrogen-bond acceptors (Lipinski definition) is 1. The van der Waals surface area contributed by atoms with E-state index in [1.807, 2.05) is 0 Å². The third kappa shape index (κ3) is 2.08. The number of nitrogens with one attached hydrogen (secondary N) is 1. The van der Waals surface area contributed by atoms with Gasteiger partial charge in [-0.2, -0.15) is 0 Å². The third-order valence-electron chi connectivity index (χ3n) is 4.60. The SMILES string of the molecule is CNC12CC(C)CC(C)(CC(C)(C)C1)C2. The van der Waals surface area contributed by atoms with Crippen LogP contribution in [-0.2, 0) is 0 Å². The maximum absolute atomic E-state index is 3.66. The Hall–Kier alpha value is -0.0400. The summed E-state index contributed by atoms with van der Waals surface area (Å²) in [5, 5.41) is 3.66. The largest absolute Gasteiger partial charge is 0.314 e. The van der Waals surface area contributed by atoms with Crippen LogP contribution in [0, 0.1) is 16.7 Å². The first kappa shape index (κ1) is 11.4. The molecule has 2 bridgehead atoms. The predicted octanol–water partition coefficient (Wildman–Crippen LogP) is 3.59. The van der Waals surface area contributed by atoms with E-state index in [4.69, 9.17) is 0 Å². The second-order valence-corrected chi connectivity index (χ2v) is 7.55. The summed E-state index contributed by atoms with van der Waals surface area (Å²) in [7, 11) is 2.17. The molecular formula is C14H27N. The van der Waals surface area contributed by atoms with Crippen molar-refractivity contribution in [2.45, 2.75) is 65.3 Å². The van der Waals surface area contributed by atoms with E-state index in [1.165, 1.54) is 32.1 Å². The highest BCUT2D eigenvalue weighted by molar-refractivity contribution is 5.07. The predicted molar refractivity (Wildman–Crippen MR) is 65.9 cm³/mol. The Balaban J connectivity index is 2.30. The lowest BCUT2D eigenvalue weighted by Gasteiger charge is -2.58. The summed E-state index contributed by atoms with van der Waals surface area (Å²) < 4.78 is 0. The van der Waals surface area contributed by atoms with Gasteiger partial charge >= 0.3 is 0 Å². The van der Waals surface area contributed by atoms with Crippen LogP contribution in [0.15, 0.2) is 0 Å². The van der Waals surface area contributed by atoms with Crippen molar-refractivity contribution in [3.05, 3.63) is 0 Å². The van der Waals surface area contributed by atoms with Crippen molar-refractivity contribution in [2.75, 3.05) is 7.05 Å². The Morgan fingerprint density at radius 2 is 1.67 bits per heavy atom. The zero-order chi connectivity index (χ0) is 11.3. The van der Waals surface area contributed by atoms with E-state index in [-0.39, 0.29) is 0 Å². The second kappa shape index (κ2) is 3.23. The Kier molecular flexibility index (Phi) is 2.46. The highest BCUT2D eigenvalue weighted by atomic mass is 15.0. The lowest BCUT2D eigenvalue weighted by molar-refractivity contribution is -0.0393. The lowest BCUT2D eigenvalue weighted by Crippen LogP contribution is -2.58. The first-order chi connectivity index (χ1) is 6.78. The van der Waals surface area contributed by atoms with Crippen LogP contribution in [0.25, 0.3) is 0 Å². The first-order valence-electron chi connectivity index (χ1n) is 6.47. The van der Waals surface area contributed by atoms with Crippen molar-refractivity contribution >= 4 is 0 Å². The van der Waals surface area contributed by atoms with Crippen LogP contribution < -0.4 is 5.32 Å². The average molecular weight is 209 g/mol. The molecule has 88 valence electrons. The van der Waals surface area contributed by atoms with Gasteiger partial charge in [0.2, 0.25) is 0 Å². The summed E-state index contributed by atoms with van der Waals surface area (Å²) in [4.78, 5) is 0. The van der Waals surface area contributed by atoms with Gasteiger partial charge in [0.15, 0.2) is 0 Å². The van der Waals surface area contributed by atoms with E-state index >= 15 is 0 Å². The molecule has 0 amide bonds. The fourth-order valence-corrected chi connectivity index (χ4v) is 5.22. The summed E-state index contributed by atoms with van der Waals surface area (Å²) in [6, 6.07) is 0. The van der Waals surface area contributed by atoms with Gasteiger partial charge in [0.25, 0.3) is 0 Å². The molecular weight excluding hydrogens is 182 g/mol. The maximum Gasteiger partial charge on any atom is 0.0191 e. The van der Waals surface area contributed by atoms with Crippen molar-refractivity contribution in [3.63, 3.8) is 0 Å². The van der Waals surface area contributed by atoms with Crippen LogP contribution in [-0.4, -0.2) is 12.6 Å². The molecule has 2 aliphatic rings. The molecule has 3 unspecified atom stereocenters. The molecule has 0 saturated heterocycles. The maximum atomic E-state index is 3.66. The topological polar surface area (TPSA) is 12.0 Å². The molecule has 1 N–H and O–H groups in total. The molecule has 0 aromatic rings. The standard InChI is InChI=1S/C14H27N/c1-11-6-13(4)8-12(2,3)9-14(7-11,10-13)15-5/h11,15H,6-10H2,1-5H3. The summed E-state index contributed by atoms with van der Waals surface area (Å²) in [5.74, 6) is 0.896. The van der Waals surface area contributed by atoms with Crippen molar-refractivity contribution in [3.8, 4) is 0 Å². The Labute approximate surface area is 95.0 Å². The van der Waals surface area contributed by atoms with Gasteiger partial charge in [-0.3, -0.25) is 0 Å². The quantitative estimate of drug-likeness (QED) is 0.696. The minimum atomic E-state index is 0.439. The summed E-state index contributed by atoms with van der Waals surface area (Å²) in [6.07, 6.45) is 6.97. The van der Waals surface area contributed by atoms with E-state index in [1.54, 1.807) is 0 Å². The highest BCUT2D eigenvalue weighted by Gasteiger charge is 2.52. The van der Waals surface area contributed by atoms with E-state index < -0.39 is 0 Å². The van der Waals surface area contributed by atoms with Gasteiger partial charge in [-0.05, 0) is 55.9 Å². The van der Waals surface area contributed by atoms with Crippen molar-refractivity contribution in [2.24, 2.45) is 16.7 Å². The van der Waals surface area contributed by atoms with Gasteiger partial charge in [-0.1, -0.05) is 27.7 Å². The zero-order valence-corrected chi connectivity index (χ0v) is 11.1. The molecule has 3 atom stereocenters. The average Bonchev–Trinajstić information content (AvgIpc) is 1.96. The first-order valence-corrected chi connectivity index (χ1v) is 6.47. The molecule has 0 spiro atoms. The summed E-state index contributed by atoms with van der Waals surface area (Å²) in [6.45, 7) is 9.84. The fourth-order valence-electron chi connectivity index (χ4n) is 5.22. The zero-order valence-electron chi connectivity index (χ0n) is 11.1. The molecule has 0 aliphatic heterocycles. The van der Waals surface area contributed by atoms with Crippen LogP contribution >= 0.6 is 0 Å². The summed E-state index contributed by atoms with van der Waals surface area (Å²) >= 11 is 0. The Morgan fingerprint density at radius 3 is 2.27 bits per heavy atom. The Bertz CT molecular complexity index is 254. The van der Waals surface area contributed by atoms with Gasteiger partial charge < -0.3 is 5.32 Å². The number of hydrogen-bond donors (Lipinski definition) is 1. The van der Waals surface area contributed by atoms with E-state index in [0.29, 0.717) is 16.4 Å². The van der Waals surface area contributed by atoms with Gasteiger partial charge in [0.05, 0.1) is 0 Å². The molecule has 0 aromatic heterocycles. The van der Waals surface area contributed by atoms with E-state index in [0.717, 1.165) is 5.92 Å². The van der Waals surface area contributed by atoms with Gasteiger partial charge in [-0.25, -0.2) is 0 Å². The fraction of sp³-hybridized carbons (Fsp3) is 1.00. The van der Waals surface area contributed by atoms with Crippen LogP contribution in [0.5, 0.6) is 0 Å². The van der Waals surface area contributed by atoms with Gasteiger partial charge in [0, 0.05) is 5.54 Å². The van der Waals surface area contributed by atoms with E-state index in [9.17, 15) is 0 Å². The molecule has 2 rings (SSSR count). The minimum Gasteiger partial charge on any atom is -0.314 e. The molecule has 0 heterocycles. The monoisotopic (exact) mass is 209 g/mol. The lowest BCUT2D eigenvalue weighted by atomic mass is 9.50. The van der Waals surface area contributed by atoms with Gasteiger partial charge in [0.1, 0.15) is 0 Å². The molecule has 2 fully saturated rings. The van der Waals surface area contributed by atoms with Crippen LogP contribution in [0.2, 0.25) is 0 Å². The molecule has 1 heteroatoms. The number of rotatable bonds is 1.